The van der Waals surface area contributed by atoms with Crippen LogP contribution in [0.4, 0.5) is 0 Å². The van der Waals surface area contributed by atoms with Crippen LogP contribution in [0.2, 0.25) is 10.0 Å². The molecule has 4 nitrogen and oxygen atoms in total. The second-order valence-corrected chi connectivity index (χ2v) is 6.30. The number of aromatic carboxylic acids is 1. The summed E-state index contributed by atoms with van der Waals surface area (Å²) < 4.78 is 1.98. The lowest BCUT2D eigenvalue weighted by atomic mass is 10.1. The molecule has 6 heteroatoms. The number of imidazole rings is 1. The Hall–Kier alpha value is -2.30. The second-order valence-electron chi connectivity index (χ2n) is 5.43. The van der Waals surface area contributed by atoms with Gasteiger partial charge in [-0.2, -0.15) is 0 Å². The van der Waals surface area contributed by atoms with Crippen molar-refractivity contribution in [1.82, 2.24) is 9.55 Å². The number of nitrogens with zero attached hydrogens (tertiary/aromatic N) is 2. The molecule has 122 valence electrons. The normalized spacial score (nSPS) is 10.8. The van der Waals surface area contributed by atoms with Crippen molar-refractivity contribution in [3.63, 3.8) is 0 Å². The van der Waals surface area contributed by atoms with E-state index < -0.39 is 5.97 Å². The number of hydrogen-bond acceptors (Lipinski definition) is 2. The lowest BCUT2D eigenvalue weighted by Gasteiger charge is -2.09. The molecule has 0 amide bonds. The Morgan fingerprint density at radius 2 is 1.83 bits per heavy atom. The first-order valence-corrected chi connectivity index (χ1v) is 8.04. The van der Waals surface area contributed by atoms with Crippen molar-refractivity contribution < 1.29 is 9.90 Å². The van der Waals surface area contributed by atoms with Gasteiger partial charge in [0.05, 0.1) is 5.56 Å². The van der Waals surface area contributed by atoms with Crippen LogP contribution in [0, 0.1) is 0 Å². The molecule has 0 fully saturated rings. The van der Waals surface area contributed by atoms with Crippen molar-refractivity contribution >= 4 is 29.2 Å². The summed E-state index contributed by atoms with van der Waals surface area (Å²) in [5, 5.41) is 10.3. The fourth-order valence-electron chi connectivity index (χ4n) is 2.55. The van der Waals surface area contributed by atoms with Crippen LogP contribution >= 0.6 is 23.2 Å². The molecule has 1 heterocycles. The molecule has 0 unspecified atom stereocenters. The molecular formula is C18H14Cl2N2O2. The summed E-state index contributed by atoms with van der Waals surface area (Å²) >= 11 is 12.1. The summed E-state index contributed by atoms with van der Waals surface area (Å²) in [4.78, 5) is 15.5. The monoisotopic (exact) mass is 360 g/mol. The highest BCUT2D eigenvalue weighted by Crippen LogP contribution is 2.21. The predicted molar refractivity (Wildman–Crippen MR) is 94.0 cm³/mol. The van der Waals surface area contributed by atoms with Gasteiger partial charge in [-0.05, 0) is 41.5 Å². The molecule has 2 aromatic carbocycles. The number of halogens is 2. The first-order chi connectivity index (χ1) is 11.5. The molecule has 0 saturated heterocycles. The highest BCUT2D eigenvalue weighted by atomic mass is 35.5. The molecule has 0 bridgehead atoms. The molecule has 0 radical (unpaired) electrons. The zero-order chi connectivity index (χ0) is 17.1. The van der Waals surface area contributed by atoms with Gasteiger partial charge < -0.3 is 9.67 Å². The summed E-state index contributed by atoms with van der Waals surface area (Å²) in [6.07, 6.45) is 4.18. The van der Waals surface area contributed by atoms with Crippen LogP contribution in [0.3, 0.4) is 0 Å². The van der Waals surface area contributed by atoms with Gasteiger partial charge in [0, 0.05) is 35.4 Å². The van der Waals surface area contributed by atoms with Gasteiger partial charge in [0.1, 0.15) is 5.82 Å². The minimum atomic E-state index is -0.934. The number of benzene rings is 2. The van der Waals surface area contributed by atoms with Gasteiger partial charge in [-0.3, -0.25) is 0 Å². The largest absolute Gasteiger partial charge is 0.478 e. The zero-order valence-electron chi connectivity index (χ0n) is 12.6. The van der Waals surface area contributed by atoms with Gasteiger partial charge in [-0.15, -0.1) is 0 Å². The van der Waals surface area contributed by atoms with Crippen molar-refractivity contribution in [2.45, 2.75) is 13.0 Å². The molecule has 1 N–H and O–H groups in total. The van der Waals surface area contributed by atoms with Crippen LogP contribution in [-0.4, -0.2) is 20.6 Å². The first-order valence-electron chi connectivity index (χ1n) is 7.28. The van der Waals surface area contributed by atoms with Crippen LogP contribution in [0.5, 0.6) is 0 Å². The molecule has 24 heavy (non-hydrogen) atoms. The molecule has 0 aliphatic carbocycles. The third-order valence-corrected chi connectivity index (χ3v) is 4.05. The van der Waals surface area contributed by atoms with Crippen molar-refractivity contribution in [1.29, 1.82) is 0 Å². The van der Waals surface area contributed by atoms with Crippen molar-refractivity contribution in [3.8, 4) is 0 Å². The molecule has 3 aromatic rings. The lowest BCUT2D eigenvalue weighted by Crippen LogP contribution is -2.06. The van der Waals surface area contributed by atoms with Crippen LogP contribution in [-0.2, 0) is 13.0 Å². The Morgan fingerprint density at radius 1 is 1.08 bits per heavy atom. The zero-order valence-corrected chi connectivity index (χ0v) is 14.1. The molecule has 0 aliphatic heterocycles. The van der Waals surface area contributed by atoms with E-state index in [4.69, 9.17) is 28.3 Å². The van der Waals surface area contributed by atoms with E-state index >= 15 is 0 Å². The van der Waals surface area contributed by atoms with E-state index in [0.29, 0.717) is 23.0 Å². The molecule has 0 aliphatic rings. The number of carbonyl (C=O) groups is 1. The highest BCUT2D eigenvalue weighted by Gasteiger charge is 2.08. The van der Waals surface area contributed by atoms with Gasteiger partial charge in [-0.1, -0.05) is 35.3 Å². The van der Waals surface area contributed by atoms with Crippen molar-refractivity contribution in [2.24, 2.45) is 0 Å². The van der Waals surface area contributed by atoms with Gasteiger partial charge in [-0.25, -0.2) is 9.78 Å². The average molecular weight is 361 g/mol. The van der Waals surface area contributed by atoms with E-state index in [1.54, 1.807) is 30.5 Å². The summed E-state index contributed by atoms with van der Waals surface area (Å²) in [6.45, 7) is 0.546. The Bertz CT molecular complexity index is 870. The molecule has 0 saturated carbocycles. The maximum Gasteiger partial charge on any atom is 0.335 e. The van der Waals surface area contributed by atoms with Crippen molar-refractivity contribution in [2.75, 3.05) is 0 Å². The van der Waals surface area contributed by atoms with Crippen LogP contribution in [0.15, 0.2) is 54.9 Å². The number of aromatic nitrogens is 2. The molecule has 0 spiro atoms. The van der Waals surface area contributed by atoms with E-state index in [9.17, 15) is 4.79 Å². The van der Waals surface area contributed by atoms with E-state index in [-0.39, 0.29) is 5.56 Å². The Kier molecular flexibility index (Phi) is 4.88. The van der Waals surface area contributed by atoms with Crippen molar-refractivity contribution in [3.05, 3.63) is 87.4 Å². The summed E-state index contributed by atoms with van der Waals surface area (Å²) in [6, 6.07) is 12.3. The third kappa shape index (κ3) is 3.96. The molecular weight excluding hydrogens is 347 g/mol. The van der Waals surface area contributed by atoms with Gasteiger partial charge >= 0.3 is 5.97 Å². The Labute approximate surface area is 149 Å². The Morgan fingerprint density at radius 3 is 2.54 bits per heavy atom. The fraction of sp³-hybridized carbons (Fsp3) is 0.111. The highest BCUT2D eigenvalue weighted by molar-refractivity contribution is 6.34. The van der Waals surface area contributed by atoms with E-state index in [1.807, 2.05) is 29.0 Å². The number of rotatable bonds is 5. The molecule has 1 aromatic heterocycles. The molecule has 0 atom stereocenters. The summed E-state index contributed by atoms with van der Waals surface area (Å²) in [5.74, 6) is -0.0784. The molecule has 3 rings (SSSR count). The van der Waals surface area contributed by atoms with Gasteiger partial charge in [0.2, 0.25) is 0 Å². The van der Waals surface area contributed by atoms with Crippen LogP contribution in [0.1, 0.15) is 27.3 Å². The van der Waals surface area contributed by atoms with E-state index in [2.05, 4.69) is 4.98 Å². The fourth-order valence-corrected chi connectivity index (χ4v) is 3.12. The van der Waals surface area contributed by atoms with Gasteiger partial charge in [0.15, 0.2) is 0 Å². The third-order valence-electron chi connectivity index (χ3n) is 3.61. The van der Waals surface area contributed by atoms with Crippen LogP contribution < -0.4 is 0 Å². The minimum Gasteiger partial charge on any atom is -0.478 e. The Balaban J connectivity index is 1.83. The smallest absolute Gasteiger partial charge is 0.335 e. The SMILES string of the molecule is O=C(O)c1cccc(Cn2ccnc2Cc2cc(Cl)cc(Cl)c2)c1. The minimum absolute atomic E-state index is 0.274. The predicted octanol–water partition coefficient (Wildman–Crippen LogP) is 4.53. The van der Waals surface area contributed by atoms with Gasteiger partial charge in [0.25, 0.3) is 0 Å². The number of carboxylic acid groups (broad SMARTS) is 1. The van der Waals surface area contributed by atoms with E-state index in [1.165, 1.54) is 0 Å². The maximum absolute atomic E-state index is 11.1. The average Bonchev–Trinajstić information content (AvgIpc) is 2.93. The second kappa shape index (κ2) is 7.07. The number of hydrogen-bond donors (Lipinski definition) is 1. The number of carboxylic acids is 1. The quantitative estimate of drug-likeness (QED) is 0.727. The standard InChI is InChI=1S/C18H14Cl2N2O2/c19-15-7-13(8-16(20)10-15)9-17-21-4-5-22(17)11-12-2-1-3-14(6-12)18(23)24/h1-8,10H,9,11H2,(H,23,24). The van der Waals surface area contributed by atoms with E-state index in [0.717, 1.165) is 17.0 Å². The maximum atomic E-state index is 11.1. The summed E-state index contributed by atoms with van der Waals surface area (Å²) in [7, 11) is 0. The van der Waals surface area contributed by atoms with Crippen LogP contribution in [0.25, 0.3) is 0 Å². The first kappa shape index (κ1) is 16.6. The lowest BCUT2D eigenvalue weighted by molar-refractivity contribution is 0.0696. The topological polar surface area (TPSA) is 55.1 Å². The summed E-state index contributed by atoms with van der Waals surface area (Å²) in [5.41, 5.74) is 2.15.